The molecule has 1 aromatic heterocycles. The van der Waals surface area contributed by atoms with Gasteiger partial charge in [0.1, 0.15) is 11.9 Å². The molecule has 0 atom stereocenters. The molecule has 0 radical (unpaired) electrons. The Kier molecular flexibility index (Phi) is 8.58. The maximum Gasteiger partial charge on any atom is 0.386 e. The van der Waals surface area contributed by atoms with E-state index in [0.29, 0.717) is 18.8 Å². The van der Waals surface area contributed by atoms with Gasteiger partial charge < -0.3 is 20.2 Å². The Morgan fingerprint density at radius 3 is 2.88 bits per heavy atom. The molecule has 1 heterocycles. The van der Waals surface area contributed by atoms with Crippen molar-refractivity contribution in [3.05, 3.63) is 28.4 Å². The molecule has 0 bridgehead atoms. The Balaban J connectivity index is 0. The van der Waals surface area contributed by atoms with Crippen molar-refractivity contribution in [2.75, 3.05) is 25.6 Å². The van der Waals surface area contributed by atoms with Crippen LogP contribution >= 0.6 is 0 Å². The molecule has 0 aliphatic carbocycles. The minimum Gasteiger partial charge on any atom is -0.385 e. The molecule has 0 saturated heterocycles. The molecule has 6 nitrogen and oxygen atoms in total. The highest BCUT2D eigenvalue weighted by molar-refractivity contribution is 5.56. The van der Waals surface area contributed by atoms with Crippen LogP contribution in [0.15, 0.2) is 18.3 Å². The summed E-state index contributed by atoms with van der Waals surface area (Å²) in [5, 5.41) is 13.5. The quantitative estimate of drug-likeness (QED) is 0.472. The number of hydrogen-bond donors (Lipinski definition) is 1. The molecule has 0 aliphatic rings. The molecule has 0 fully saturated rings. The van der Waals surface area contributed by atoms with Crippen LogP contribution in [0.2, 0.25) is 0 Å². The zero-order valence-electron chi connectivity index (χ0n) is 10.5. The summed E-state index contributed by atoms with van der Waals surface area (Å²) in [4.78, 5) is 13.8. The molecular weight excluding hydrogens is 222 g/mol. The Morgan fingerprint density at radius 1 is 1.59 bits per heavy atom. The first-order valence-corrected chi connectivity index (χ1v) is 5.58. The number of hydrogen-bond acceptors (Lipinski definition) is 5. The first-order valence-electron chi connectivity index (χ1n) is 5.58. The standard InChI is InChI=1S/C9H13N3O3.C2H6.H2/c1-15-7-3-6-10-8-4-2-5-11-9(8)12(13)14;1-2;/h2,4-5,10H,3,6-7H2,1H3;1-2H3;1H. The summed E-state index contributed by atoms with van der Waals surface area (Å²) in [5.74, 6) is -0.144. The van der Waals surface area contributed by atoms with Crippen molar-refractivity contribution in [1.82, 2.24) is 4.98 Å². The molecule has 6 heteroatoms. The summed E-state index contributed by atoms with van der Waals surface area (Å²) < 4.78 is 4.87. The second-order valence-corrected chi connectivity index (χ2v) is 2.90. The van der Waals surface area contributed by atoms with Gasteiger partial charge >= 0.3 is 5.82 Å². The smallest absolute Gasteiger partial charge is 0.385 e. The van der Waals surface area contributed by atoms with E-state index in [4.69, 9.17) is 4.74 Å². The number of nitrogens with one attached hydrogen (secondary N) is 1. The van der Waals surface area contributed by atoms with E-state index in [1.54, 1.807) is 19.2 Å². The minimum atomic E-state index is -0.501. The Labute approximate surface area is 103 Å². The highest BCUT2D eigenvalue weighted by Crippen LogP contribution is 2.19. The van der Waals surface area contributed by atoms with Crippen LogP contribution in [-0.2, 0) is 4.74 Å². The van der Waals surface area contributed by atoms with Crippen LogP contribution in [0.4, 0.5) is 11.5 Å². The maximum absolute atomic E-state index is 10.6. The van der Waals surface area contributed by atoms with E-state index >= 15 is 0 Å². The molecule has 98 valence electrons. The zero-order chi connectivity index (χ0) is 13.1. The van der Waals surface area contributed by atoms with Crippen LogP contribution in [0.3, 0.4) is 0 Å². The van der Waals surface area contributed by atoms with Crippen LogP contribution in [0.25, 0.3) is 0 Å². The molecule has 0 amide bonds. The lowest BCUT2D eigenvalue weighted by atomic mass is 10.3. The summed E-state index contributed by atoms with van der Waals surface area (Å²) in [6.45, 7) is 5.25. The summed E-state index contributed by atoms with van der Waals surface area (Å²) >= 11 is 0. The zero-order valence-corrected chi connectivity index (χ0v) is 10.5. The number of aromatic nitrogens is 1. The van der Waals surface area contributed by atoms with Crippen LogP contribution < -0.4 is 5.32 Å². The second-order valence-electron chi connectivity index (χ2n) is 2.90. The SMILES string of the molecule is CC.COCCCNc1cccnc1[N+](=O)[O-].[HH]. The van der Waals surface area contributed by atoms with E-state index < -0.39 is 4.92 Å². The monoisotopic (exact) mass is 243 g/mol. The Bertz CT molecular complexity index is 337. The molecule has 0 aliphatic heterocycles. The van der Waals surface area contributed by atoms with Crippen molar-refractivity contribution >= 4 is 11.5 Å². The van der Waals surface area contributed by atoms with Crippen molar-refractivity contribution < 1.29 is 11.1 Å². The third-order valence-corrected chi connectivity index (χ3v) is 1.80. The number of ether oxygens (including phenoxy) is 1. The lowest BCUT2D eigenvalue weighted by molar-refractivity contribution is -0.388. The van der Waals surface area contributed by atoms with Crippen LogP contribution in [0.5, 0.6) is 0 Å². The molecule has 1 aromatic rings. The van der Waals surface area contributed by atoms with E-state index in [9.17, 15) is 10.1 Å². The van der Waals surface area contributed by atoms with Gasteiger partial charge in [0.05, 0.1) is 0 Å². The van der Waals surface area contributed by atoms with Gasteiger partial charge in [-0.2, -0.15) is 0 Å². The average molecular weight is 243 g/mol. The summed E-state index contributed by atoms with van der Waals surface area (Å²) in [7, 11) is 1.62. The summed E-state index contributed by atoms with van der Waals surface area (Å²) in [6, 6.07) is 3.30. The first-order chi connectivity index (χ1) is 8.25. The number of nitrogens with zero attached hydrogens (tertiary/aromatic N) is 2. The lowest BCUT2D eigenvalue weighted by Gasteiger charge is -2.05. The van der Waals surface area contributed by atoms with E-state index in [0.717, 1.165) is 6.42 Å². The van der Waals surface area contributed by atoms with Gasteiger partial charge in [0.2, 0.25) is 0 Å². The highest BCUT2D eigenvalue weighted by atomic mass is 16.6. The van der Waals surface area contributed by atoms with E-state index in [1.807, 2.05) is 13.8 Å². The van der Waals surface area contributed by atoms with Gasteiger partial charge in [0, 0.05) is 21.7 Å². The number of rotatable bonds is 6. The topological polar surface area (TPSA) is 77.3 Å². The molecule has 0 saturated carbocycles. The molecule has 0 aromatic carbocycles. The van der Waals surface area contributed by atoms with E-state index in [1.165, 1.54) is 6.20 Å². The fraction of sp³-hybridized carbons (Fsp3) is 0.545. The third kappa shape index (κ3) is 5.82. The molecule has 0 spiro atoms. The fourth-order valence-electron chi connectivity index (χ4n) is 1.12. The number of anilines is 1. The van der Waals surface area contributed by atoms with Crippen molar-refractivity contribution in [2.45, 2.75) is 20.3 Å². The normalized spacial score (nSPS) is 9.12. The summed E-state index contributed by atoms with van der Waals surface area (Å²) in [6.07, 6.45) is 2.20. The van der Waals surface area contributed by atoms with Crippen molar-refractivity contribution in [1.29, 1.82) is 0 Å². The van der Waals surface area contributed by atoms with Crippen LogP contribution in [0, 0.1) is 10.1 Å². The first kappa shape index (κ1) is 15.3. The van der Waals surface area contributed by atoms with Gasteiger partial charge in [-0.05, 0) is 28.5 Å². The van der Waals surface area contributed by atoms with Crippen LogP contribution in [-0.4, -0.2) is 30.2 Å². The van der Waals surface area contributed by atoms with Crippen molar-refractivity contribution in [2.24, 2.45) is 0 Å². The van der Waals surface area contributed by atoms with Gasteiger partial charge in [-0.3, -0.25) is 0 Å². The fourth-order valence-corrected chi connectivity index (χ4v) is 1.12. The van der Waals surface area contributed by atoms with Gasteiger partial charge in [-0.15, -0.1) is 0 Å². The summed E-state index contributed by atoms with van der Waals surface area (Å²) in [5.41, 5.74) is 0.443. The van der Waals surface area contributed by atoms with Crippen molar-refractivity contribution in [3.63, 3.8) is 0 Å². The molecule has 1 rings (SSSR count). The molecule has 1 N–H and O–H groups in total. The average Bonchev–Trinajstić information content (AvgIpc) is 2.37. The maximum atomic E-state index is 10.6. The molecule has 17 heavy (non-hydrogen) atoms. The van der Waals surface area contributed by atoms with E-state index in [-0.39, 0.29) is 7.24 Å². The lowest BCUT2D eigenvalue weighted by Crippen LogP contribution is -2.07. The van der Waals surface area contributed by atoms with Gasteiger partial charge in [0.15, 0.2) is 0 Å². The van der Waals surface area contributed by atoms with Crippen molar-refractivity contribution in [3.8, 4) is 0 Å². The predicted molar refractivity (Wildman–Crippen MR) is 69.3 cm³/mol. The van der Waals surface area contributed by atoms with Gasteiger partial charge in [0.25, 0.3) is 0 Å². The number of methoxy groups -OCH3 is 1. The van der Waals surface area contributed by atoms with E-state index in [2.05, 4.69) is 10.3 Å². The molecule has 0 unspecified atom stereocenters. The number of nitro groups is 1. The minimum absolute atomic E-state index is 0. The van der Waals surface area contributed by atoms with Gasteiger partial charge in [-0.1, -0.05) is 13.8 Å². The Hall–Kier alpha value is -1.69. The second kappa shape index (κ2) is 9.53. The van der Waals surface area contributed by atoms with Gasteiger partial charge in [-0.25, -0.2) is 0 Å². The third-order valence-electron chi connectivity index (χ3n) is 1.80. The largest absolute Gasteiger partial charge is 0.386 e. The molecular formula is C11H21N3O3. The highest BCUT2D eigenvalue weighted by Gasteiger charge is 2.12. The number of pyridine rings is 1. The Morgan fingerprint density at radius 2 is 2.29 bits per heavy atom. The van der Waals surface area contributed by atoms with Crippen LogP contribution in [0.1, 0.15) is 21.7 Å². The predicted octanol–water partition coefficient (Wildman–Crippen LogP) is 2.71.